The zero-order chi connectivity index (χ0) is 14.5. The van der Waals surface area contributed by atoms with Crippen molar-refractivity contribution in [1.29, 1.82) is 0 Å². The lowest BCUT2D eigenvalue weighted by Gasteiger charge is -2.19. The molecule has 0 rings (SSSR count). The Kier molecular flexibility index (Phi) is 10.9. The van der Waals surface area contributed by atoms with Gasteiger partial charge in [-0.1, -0.05) is 6.08 Å². The second-order valence-electron chi connectivity index (χ2n) is 4.05. The molecule has 0 heterocycles. The van der Waals surface area contributed by atoms with Gasteiger partial charge in [-0.15, -0.1) is 6.58 Å². The molecule has 0 unspecified atom stereocenters. The van der Waals surface area contributed by atoms with Crippen LogP contribution in [0.15, 0.2) is 12.7 Å². The van der Waals surface area contributed by atoms with E-state index in [9.17, 15) is 9.59 Å². The zero-order valence-electron chi connectivity index (χ0n) is 12.0. The van der Waals surface area contributed by atoms with E-state index in [2.05, 4.69) is 11.5 Å². The highest BCUT2D eigenvalue weighted by molar-refractivity contribution is 5.69. The molecule has 0 bridgehead atoms. The van der Waals surface area contributed by atoms with Gasteiger partial charge >= 0.3 is 11.9 Å². The van der Waals surface area contributed by atoms with Gasteiger partial charge in [-0.25, -0.2) is 0 Å². The van der Waals surface area contributed by atoms with Gasteiger partial charge in [0, 0.05) is 19.5 Å². The Morgan fingerprint density at radius 2 is 1.63 bits per heavy atom. The van der Waals surface area contributed by atoms with Gasteiger partial charge in [0.2, 0.25) is 0 Å². The highest BCUT2D eigenvalue weighted by Gasteiger charge is 2.09. The normalized spacial score (nSPS) is 10.3. The van der Waals surface area contributed by atoms with Crippen LogP contribution in [0.25, 0.3) is 0 Å². The van der Waals surface area contributed by atoms with Gasteiger partial charge in [-0.2, -0.15) is 0 Å². The molecule has 0 aromatic rings. The third kappa shape index (κ3) is 10.3. The van der Waals surface area contributed by atoms with E-state index in [-0.39, 0.29) is 11.9 Å². The summed E-state index contributed by atoms with van der Waals surface area (Å²) in [6.45, 7) is 10.1. The number of ether oxygens (including phenoxy) is 2. The van der Waals surface area contributed by atoms with E-state index in [0.29, 0.717) is 39.1 Å². The Bertz CT molecular complexity index is 279. The third-order valence-electron chi connectivity index (χ3n) is 2.49. The fourth-order valence-electron chi connectivity index (χ4n) is 1.64. The molecule has 0 amide bonds. The smallest absolute Gasteiger partial charge is 0.307 e. The average Bonchev–Trinajstić information content (AvgIpc) is 2.36. The summed E-state index contributed by atoms with van der Waals surface area (Å²) in [5.74, 6) is -0.367. The van der Waals surface area contributed by atoms with Crippen LogP contribution in [0.5, 0.6) is 0 Å². The molecule has 5 heteroatoms. The van der Waals surface area contributed by atoms with E-state index in [0.717, 1.165) is 13.0 Å². The molecular formula is C14H25NO4. The van der Waals surface area contributed by atoms with Crippen molar-refractivity contribution in [2.24, 2.45) is 0 Å². The number of carbonyl (C=O) groups excluding carboxylic acids is 2. The molecular weight excluding hydrogens is 246 g/mol. The highest BCUT2D eigenvalue weighted by Crippen LogP contribution is 2.00. The first-order valence-corrected chi connectivity index (χ1v) is 6.78. The molecule has 0 aliphatic heterocycles. The predicted molar refractivity (Wildman–Crippen MR) is 73.8 cm³/mol. The van der Waals surface area contributed by atoms with Gasteiger partial charge in [-0.3, -0.25) is 14.5 Å². The van der Waals surface area contributed by atoms with Gasteiger partial charge in [0.1, 0.15) is 0 Å². The zero-order valence-corrected chi connectivity index (χ0v) is 12.0. The predicted octanol–water partition coefficient (Wildman–Crippen LogP) is 1.77. The first-order valence-electron chi connectivity index (χ1n) is 6.78. The topological polar surface area (TPSA) is 55.8 Å². The average molecular weight is 271 g/mol. The van der Waals surface area contributed by atoms with E-state index in [1.165, 1.54) is 0 Å². The molecule has 0 aromatic carbocycles. The van der Waals surface area contributed by atoms with Gasteiger partial charge in [0.15, 0.2) is 0 Å². The number of esters is 2. The molecule has 0 aliphatic rings. The quantitative estimate of drug-likeness (QED) is 0.423. The molecule has 19 heavy (non-hydrogen) atoms. The van der Waals surface area contributed by atoms with Crippen molar-refractivity contribution in [3.63, 3.8) is 0 Å². The molecule has 0 fully saturated rings. The maximum Gasteiger partial charge on any atom is 0.307 e. The molecule has 0 aromatic heterocycles. The maximum atomic E-state index is 11.3. The van der Waals surface area contributed by atoms with Crippen LogP contribution in [0.3, 0.4) is 0 Å². The molecule has 0 saturated heterocycles. The van der Waals surface area contributed by atoms with Crippen LogP contribution < -0.4 is 0 Å². The van der Waals surface area contributed by atoms with Gasteiger partial charge in [0.25, 0.3) is 0 Å². The number of hydrogen-bond acceptors (Lipinski definition) is 5. The maximum absolute atomic E-state index is 11.3. The van der Waals surface area contributed by atoms with E-state index >= 15 is 0 Å². The van der Waals surface area contributed by atoms with Crippen LogP contribution in [-0.2, 0) is 19.1 Å². The Labute approximate surface area is 115 Å². The standard InChI is InChI=1S/C14H25NO4/c1-4-10-15(12-9-14(17)19-6-3)11-7-8-13(16)18-5-2/h4H,1,5-12H2,2-3H3. The summed E-state index contributed by atoms with van der Waals surface area (Å²) in [7, 11) is 0. The first-order chi connectivity index (χ1) is 9.13. The van der Waals surface area contributed by atoms with E-state index < -0.39 is 0 Å². The van der Waals surface area contributed by atoms with Crippen molar-refractivity contribution >= 4 is 11.9 Å². The van der Waals surface area contributed by atoms with Crippen molar-refractivity contribution in [3.8, 4) is 0 Å². The van der Waals surface area contributed by atoms with Crippen molar-refractivity contribution in [1.82, 2.24) is 4.90 Å². The van der Waals surface area contributed by atoms with Crippen LogP contribution in [0.4, 0.5) is 0 Å². The lowest BCUT2D eigenvalue weighted by atomic mass is 10.2. The summed E-state index contributed by atoms with van der Waals surface area (Å²) in [5, 5.41) is 0. The fourth-order valence-corrected chi connectivity index (χ4v) is 1.64. The molecule has 5 nitrogen and oxygen atoms in total. The second-order valence-corrected chi connectivity index (χ2v) is 4.05. The highest BCUT2D eigenvalue weighted by atomic mass is 16.5. The van der Waals surface area contributed by atoms with Crippen molar-refractivity contribution in [3.05, 3.63) is 12.7 Å². The summed E-state index contributed by atoms with van der Waals surface area (Å²) >= 11 is 0. The van der Waals surface area contributed by atoms with Crippen LogP contribution in [0, 0.1) is 0 Å². The minimum absolute atomic E-state index is 0.175. The molecule has 0 spiro atoms. The van der Waals surface area contributed by atoms with Crippen LogP contribution in [0.1, 0.15) is 33.1 Å². The van der Waals surface area contributed by atoms with Gasteiger partial charge < -0.3 is 9.47 Å². The van der Waals surface area contributed by atoms with Crippen LogP contribution in [-0.4, -0.2) is 49.7 Å². The van der Waals surface area contributed by atoms with Crippen molar-refractivity contribution in [2.75, 3.05) is 32.8 Å². The van der Waals surface area contributed by atoms with Crippen molar-refractivity contribution in [2.45, 2.75) is 33.1 Å². The lowest BCUT2D eigenvalue weighted by Crippen LogP contribution is -2.28. The summed E-state index contributed by atoms with van der Waals surface area (Å²) in [6.07, 6.45) is 3.27. The Morgan fingerprint density at radius 1 is 1.05 bits per heavy atom. The van der Waals surface area contributed by atoms with Gasteiger partial charge in [0.05, 0.1) is 19.6 Å². The summed E-state index contributed by atoms with van der Waals surface area (Å²) in [6, 6.07) is 0. The number of rotatable bonds is 11. The molecule has 0 atom stereocenters. The van der Waals surface area contributed by atoms with E-state index in [1.54, 1.807) is 19.9 Å². The second kappa shape index (κ2) is 11.7. The molecule has 110 valence electrons. The first kappa shape index (κ1) is 17.6. The SMILES string of the molecule is C=CCN(CCCC(=O)OCC)CCC(=O)OCC. The fraction of sp³-hybridized carbons (Fsp3) is 0.714. The molecule has 0 radical (unpaired) electrons. The molecule has 0 saturated carbocycles. The Hall–Kier alpha value is -1.36. The summed E-state index contributed by atoms with van der Waals surface area (Å²) in [4.78, 5) is 24.5. The monoisotopic (exact) mass is 271 g/mol. The van der Waals surface area contributed by atoms with Crippen molar-refractivity contribution < 1.29 is 19.1 Å². The minimum atomic E-state index is -0.193. The minimum Gasteiger partial charge on any atom is -0.466 e. The summed E-state index contributed by atoms with van der Waals surface area (Å²) < 4.78 is 9.74. The number of hydrogen-bond donors (Lipinski definition) is 0. The number of nitrogens with zero attached hydrogens (tertiary/aromatic N) is 1. The largest absolute Gasteiger partial charge is 0.466 e. The van der Waals surface area contributed by atoms with Crippen LogP contribution in [0.2, 0.25) is 0 Å². The number of carbonyl (C=O) groups is 2. The third-order valence-corrected chi connectivity index (χ3v) is 2.49. The Balaban J connectivity index is 3.88. The lowest BCUT2D eigenvalue weighted by molar-refractivity contribution is -0.144. The van der Waals surface area contributed by atoms with Gasteiger partial charge in [-0.05, 0) is 26.8 Å². The molecule has 0 N–H and O–H groups in total. The van der Waals surface area contributed by atoms with E-state index in [4.69, 9.17) is 9.47 Å². The van der Waals surface area contributed by atoms with E-state index in [1.807, 2.05) is 0 Å². The molecule has 0 aliphatic carbocycles. The van der Waals surface area contributed by atoms with Crippen LogP contribution >= 0.6 is 0 Å². The summed E-state index contributed by atoms with van der Waals surface area (Å²) in [5.41, 5.74) is 0. The Morgan fingerprint density at radius 3 is 2.16 bits per heavy atom.